The monoisotopic (exact) mass is 234 g/mol. The maximum absolute atomic E-state index is 5.68. The maximum atomic E-state index is 5.68. The van der Waals surface area contributed by atoms with Gasteiger partial charge in [-0.15, -0.1) is 0 Å². The highest BCUT2D eigenvalue weighted by molar-refractivity contribution is 5.49. The van der Waals surface area contributed by atoms with Crippen LogP contribution in [0.5, 0.6) is 0 Å². The Morgan fingerprint density at radius 2 is 2.29 bits per heavy atom. The summed E-state index contributed by atoms with van der Waals surface area (Å²) in [6, 6.07) is 8.49. The first-order chi connectivity index (χ1) is 8.24. The van der Waals surface area contributed by atoms with Crippen LogP contribution in [0.1, 0.15) is 18.9 Å². The van der Waals surface area contributed by atoms with E-state index in [-0.39, 0.29) is 0 Å². The van der Waals surface area contributed by atoms with Crippen molar-refractivity contribution < 1.29 is 4.74 Å². The van der Waals surface area contributed by atoms with Crippen molar-refractivity contribution in [2.45, 2.75) is 26.0 Å². The first-order valence-electron chi connectivity index (χ1n) is 6.31. The quantitative estimate of drug-likeness (QED) is 0.869. The largest absolute Gasteiger partial charge is 0.379 e. The van der Waals surface area contributed by atoms with Crippen molar-refractivity contribution in [2.24, 2.45) is 11.7 Å². The van der Waals surface area contributed by atoms with Crippen LogP contribution < -0.4 is 10.6 Å². The van der Waals surface area contributed by atoms with Crippen LogP contribution in [0.4, 0.5) is 5.69 Å². The zero-order valence-electron chi connectivity index (χ0n) is 10.7. The van der Waals surface area contributed by atoms with Crippen molar-refractivity contribution in [1.82, 2.24) is 0 Å². The van der Waals surface area contributed by atoms with Gasteiger partial charge in [-0.05, 0) is 30.0 Å². The van der Waals surface area contributed by atoms with Crippen molar-refractivity contribution in [1.29, 1.82) is 0 Å². The van der Waals surface area contributed by atoms with Crippen molar-refractivity contribution >= 4 is 5.69 Å². The van der Waals surface area contributed by atoms with Gasteiger partial charge in [-0.2, -0.15) is 0 Å². The number of methoxy groups -OCH3 is 1. The standard InChI is InChI=1S/C14H22N2O/c1-11-6-7-16(10-14(11)17-2)13-5-3-4-12(8-13)9-15/h3-5,8,11,14H,6-7,9-10,15H2,1-2H3. The number of hydrogen-bond donors (Lipinski definition) is 1. The number of nitrogens with two attached hydrogens (primary N) is 1. The Labute approximate surface area is 104 Å². The van der Waals surface area contributed by atoms with Gasteiger partial charge in [0.1, 0.15) is 0 Å². The van der Waals surface area contributed by atoms with Crippen LogP contribution in [-0.2, 0) is 11.3 Å². The number of piperidine rings is 1. The molecule has 1 heterocycles. The highest BCUT2D eigenvalue weighted by Crippen LogP contribution is 2.25. The first kappa shape index (κ1) is 12.4. The van der Waals surface area contributed by atoms with E-state index < -0.39 is 0 Å². The smallest absolute Gasteiger partial charge is 0.0772 e. The lowest BCUT2D eigenvalue weighted by atomic mass is 9.95. The van der Waals surface area contributed by atoms with E-state index in [2.05, 4.69) is 36.1 Å². The van der Waals surface area contributed by atoms with Crippen LogP contribution in [0.2, 0.25) is 0 Å². The summed E-state index contributed by atoms with van der Waals surface area (Å²) in [7, 11) is 1.81. The number of anilines is 1. The van der Waals surface area contributed by atoms with Crippen molar-refractivity contribution in [2.75, 3.05) is 25.1 Å². The molecule has 0 bridgehead atoms. The Morgan fingerprint density at radius 1 is 1.47 bits per heavy atom. The molecular weight excluding hydrogens is 212 g/mol. The van der Waals surface area contributed by atoms with Gasteiger partial charge in [0.05, 0.1) is 6.10 Å². The van der Waals surface area contributed by atoms with Crippen LogP contribution in [-0.4, -0.2) is 26.3 Å². The van der Waals surface area contributed by atoms with Gasteiger partial charge in [-0.25, -0.2) is 0 Å². The lowest BCUT2D eigenvalue weighted by Crippen LogP contribution is -2.43. The Kier molecular flexibility index (Phi) is 4.02. The molecule has 94 valence electrons. The normalized spacial score (nSPS) is 25.0. The van der Waals surface area contributed by atoms with E-state index in [1.165, 1.54) is 17.7 Å². The van der Waals surface area contributed by atoms with Crippen LogP contribution in [0.15, 0.2) is 24.3 Å². The minimum atomic E-state index is 0.338. The fraction of sp³-hybridized carbons (Fsp3) is 0.571. The molecule has 0 aliphatic carbocycles. The first-order valence-corrected chi connectivity index (χ1v) is 6.31. The number of ether oxygens (including phenoxy) is 1. The van der Waals surface area contributed by atoms with E-state index in [1.54, 1.807) is 7.11 Å². The summed E-state index contributed by atoms with van der Waals surface area (Å²) in [5.74, 6) is 0.647. The molecule has 1 aliphatic rings. The molecule has 1 aliphatic heterocycles. The van der Waals surface area contributed by atoms with Gasteiger partial charge >= 0.3 is 0 Å². The van der Waals surface area contributed by atoms with Gasteiger partial charge in [0, 0.05) is 32.4 Å². The molecule has 17 heavy (non-hydrogen) atoms. The number of rotatable bonds is 3. The summed E-state index contributed by atoms with van der Waals surface area (Å²) in [6.45, 7) is 4.95. The Bertz CT molecular complexity index is 367. The van der Waals surface area contributed by atoms with Crippen LogP contribution in [0.25, 0.3) is 0 Å². The van der Waals surface area contributed by atoms with Crippen molar-refractivity contribution in [3.63, 3.8) is 0 Å². The summed E-state index contributed by atoms with van der Waals surface area (Å²) in [5, 5.41) is 0. The average Bonchev–Trinajstić information content (AvgIpc) is 2.39. The molecule has 0 radical (unpaired) electrons. The predicted molar refractivity (Wildman–Crippen MR) is 71.1 cm³/mol. The summed E-state index contributed by atoms with van der Waals surface area (Å²) in [4.78, 5) is 2.40. The highest BCUT2D eigenvalue weighted by Gasteiger charge is 2.26. The average molecular weight is 234 g/mol. The van der Waals surface area contributed by atoms with Crippen molar-refractivity contribution in [3.05, 3.63) is 29.8 Å². The van der Waals surface area contributed by atoms with E-state index >= 15 is 0 Å². The van der Waals surface area contributed by atoms with E-state index in [0.717, 1.165) is 13.1 Å². The molecule has 2 atom stereocenters. The molecule has 0 aromatic heterocycles. The lowest BCUT2D eigenvalue weighted by molar-refractivity contribution is 0.0498. The fourth-order valence-electron chi connectivity index (χ4n) is 2.46. The molecule has 0 amide bonds. The third kappa shape index (κ3) is 2.79. The van der Waals surface area contributed by atoms with Gasteiger partial charge < -0.3 is 15.4 Å². The molecule has 1 saturated heterocycles. The molecule has 3 nitrogen and oxygen atoms in total. The summed E-state index contributed by atoms with van der Waals surface area (Å²) in [5.41, 5.74) is 8.14. The number of hydrogen-bond acceptors (Lipinski definition) is 3. The molecule has 0 saturated carbocycles. The fourth-order valence-corrected chi connectivity index (χ4v) is 2.46. The summed E-state index contributed by atoms with van der Waals surface area (Å²) >= 11 is 0. The maximum Gasteiger partial charge on any atom is 0.0772 e. The van der Waals surface area contributed by atoms with E-state index in [9.17, 15) is 0 Å². The zero-order chi connectivity index (χ0) is 12.3. The molecule has 2 rings (SSSR count). The van der Waals surface area contributed by atoms with Gasteiger partial charge in [0.2, 0.25) is 0 Å². The summed E-state index contributed by atoms with van der Waals surface area (Å²) < 4.78 is 5.55. The third-order valence-corrected chi connectivity index (χ3v) is 3.70. The molecule has 2 N–H and O–H groups in total. The number of nitrogens with zero attached hydrogens (tertiary/aromatic N) is 1. The highest BCUT2D eigenvalue weighted by atomic mass is 16.5. The molecular formula is C14H22N2O. The van der Waals surface area contributed by atoms with Crippen LogP contribution in [0, 0.1) is 5.92 Å². The second-order valence-corrected chi connectivity index (χ2v) is 4.86. The van der Waals surface area contributed by atoms with Gasteiger partial charge in [0.25, 0.3) is 0 Å². The molecule has 0 spiro atoms. The SMILES string of the molecule is COC1CN(c2cccc(CN)c2)CCC1C. The van der Waals surface area contributed by atoms with Gasteiger partial charge in [0.15, 0.2) is 0 Å². The zero-order valence-corrected chi connectivity index (χ0v) is 10.7. The van der Waals surface area contributed by atoms with Crippen LogP contribution >= 0.6 is 0 Å². The van der Waals surface area contributed by atoms with E-state index in [1.807, 2.05) is 0 Å². The molecule has 1 aromatic carbocycles. The Hall–Kier alpha value is -1.06. The minimum Gasteiger partial charge on any atom is -0.379 e. The molecule has 1 fully saturated rings. The lowest BCUT2D eigenvalue weighted by Gasteiger charge is -2.37. The predicted octanol–water partition coefficient (Wildman–Crippen LogP) is 2.01. The minimum absolute atomic E-state index is 0.338. The number of benzene rings is 1. The molecule has 2 unspecified atom stereocenters. The summed E-state index contributed by atoms with van der Waals surface area (Å²) in [6.07, 6.45) is 1.52. The van der Waals surface area contributed by atoms with Gasteiger partial charge in [-0.3, -0.25) is 0 Å². The Morgan fingerprint density at radius 3 is 3.00 bits per heavy atom. The Balaban J connectivity index is 2.11. The second kappa shape index (κ2) is 5.52. The van der Waals surface area contributed by atoms with Crippen LogP contribution in [0.3, 0.4) is 0 Å². The van der Waals surface area contributed by atoms with Crippen molar-refractivity contribution in [3.8, 4) is 0 Å². The third-order valence-electron chi connectivity index (χ3n) is 3.70. The topological polar surface area (TPSA) is 38.5 Å². The van der Waals surface area contributed by atoms with Gasteiger partial charge in [-0.1, -0.05) is 19.1 Å². The second-order valence-electron chi connectivity index (χ2n) is 4.86. The van der Waals surface area contributed by atoms with E-state index in [4.69, 9.17) is 10.5 Å². The molecule has 3 heteroatoms. The van der Waals surface area contributed by atoms with E-state index in [0.29, 0.717) is 18.6 Å². The molecule has 1 aromatic rings.